The summed E-state index contributed by atoms with van der Waals surface area (Å²) in [6.07, 6.45) is 0.0456. The third-order valence-electron chi connectivity index (χ3n) is 3.32. The van der Waals surface area contributed by atoms with E-state index in [0.717, 1.165) is 5.69 Å². The van der Waals surface area contributed by atoms with Crippen LogP contribution in [0.1, 0.15) is 24.2 Å². The summed E-state index contributed by atoms with van der Waals surface area (Å²) in [7, 11) is 1.56. The Kier molecular flexibility index (Phi) is 6.39. The molecule has 0 fully saturated rings. The molecule has 2 rings (SSSR count). The first-order valence-electron chi connectivity index (χ1n) is 8.11. The quantitative estimate of drug-likeness (QED) is 0.723. The second-order valence-electron chi connectivity index (χ2n) is 5.72. The number of carbonyl (C=O) groups excluding carboxylic acids is 2. The van der Waals surface area contributed by atoms with Crippen LogP contribution in [-0.2, 0) is 4.79 Å². The Bertz CT molecular complexity index is 744. The minimum absolute atomic E-state index is 0.0456. The number of anilines is 2. The second-order valence-corrected chi connectivity index (χ2v) is 5.72. The monoisotopic (exact) mass is 341 g/mol. The Balaban J connectivity index is 1.97. The van der Waals surface area contributed by atoms with Gasteiger partial charge in [-0.25, -0.2) is 0 Å². The van der Waals surface area contributed by atoms with Crippen LogP contribution in [0.15, 0.2) is 48.5 Å². The summed E-state index contributed by atoms with van der Waals surface area (Å²) in [5.41, 5.74) is 1.81. The van der Waals surface area contributed by atoms with E-state index < -0.39 is 0 Å². The van der Waals surface area contributed by atoms with Crippen LogP contribution in [0, 0.1) is 0 Å². The van der Waals surface area contributed by atoms with Crippen LogP contribution in [0.2, 0.25) is 0 Å². The van der Waals surface area contributed by atoms with E-state index in [0.29, 0.717) is 17.0 Å². The summed E-state index contributed by atoms with van der Waals surface area (Å²) < 4.78 is 5.71. The Labute approximate surface area is 147 Å². The SMILES string of the molecule is CNC(=O)c1cccc(NC(=O)CNc2ccccc2OC(C)C)c1. The van der Waals surface area contributed by atoms with Crippen LogP contribution >= 0.6 is 0 Å². The van der Waals surface area contributed by atoms with Crippen molar-refractivity contribution in [3.63, 3.8) is 0 Å². The average Bonchev–Trinajstić information content (AvgIpc) is 2.60. The van der Waals surface area contributed by atoms with Crippen molar-refractivity contribution in [3.8, 4) is 5.75 Å². The molecule has 0 heterocycles. The van der Waals surface area contributed by atoms with E-state index in [1.54, 1.807) is 31.3 Å². The molecule has 2 aromatic rings. The van der Waals surface area contributed by atoms with Gasteiger partial charge in [0.2, 0.25) is 5.91 Å². The molecule has 132 valence electrons. The minimum atomic E-state index is -0.214. The molecule has 2 aromatic carbocycles. The third kappa shape index (κ3) is 5.53. The molecule has 6 heteroatoms. The van der Waals surface area contributed by atoms with Crippen molar-refractivity contribution in [1.82, 2.24) is 5.32 Å². The Morgan fingerprint density at radius 2 is 1.84 bits per heavy atom. The van der Waals surface area contributed by atoms with Crippen LogP contribution in [0.25, 0.3) is 0 Å². The van der Waals surface area contributed by atoms with Crippen LogP contribution in [-0.4, -0.2) is 31.5 Å². The molecule has 0 atom stereocenters. The highest BCUT2D eigenvalue weighted by Gasteiger charge is 2.09. The van der Waals surface area contributed by atoms with Crippen molar-refractivity contribution in [2.24, 2.45) is 0 Å². The molecule has 0 aliphatic heterocycles. The van der Waals surface area contributed by atoms with Crippen molar-refractivity contribution < 1.29 is 14.3 Å². The summed E-state index contributed by atoms with van der Waals surface area (Å²) in [4.78, 5) is 23.8. The van der Waals surface area contributed by atoms with E-state index in [-0.39, 0.29) is 24.5 Å². The fourth-order valence-electron chi connectivity index (χ4n) is 2.23. The van der Waals surface area contributed by atoms with Crippen LogP contribution in [0.4, 0.5) is 11.4 Å². The highest BCUT2D eigenvalue weighted by atomic mass is 16.5. The molecular formula is C19H23N3O3. The van der Waals surface area contributed by atoms with E-state index >= 15 is 0 Å². The van der Waals surface area contributed by atoms with E-state index in [1.165, 1.54) is 0 Å². The van der Waals surface area contributed by atoms with Crippen molar-refractivity contribution in [2.75, 3.05) is 24.2 Å². The van der Waals surface area contributed by atoms with E-state index in [4.69, 9.17) is 4.74 Å². The molecule has 0 saturated heterocycles. The lowest BCUT2D eigenvalue weighted by molar-refractivity contribution is -0.114. The Hall–Kier alpha value is -3.02. The maximum atomic E-state index is 12.2. The number of hydrogen-bond donors (Lipinski definition) is 3. The molecule has 0 aromatic heterocycles. The van der Waals surface area contributed by atoms with Gasteiger partial charge in [-0.05, 0) is 44.2 Å². The largest absolute Gasteiger partial charge is 0.489 e. The van der Waals surface area contributed by atoms with Gasteiger partial charge in [0, 0.05) is 18.3 Å². The lowest BCUT2D eigenvalue weighted by atomic mass is 10.2. The molecule has 0 saturated carbocycles. The zero-order valence-electron chi connectivity index (χ0n) is 14.6. The van der Waals surface area contributed by atoms with Gasteiger partial charge in [0.1, 0.15) is 5.75 Å². The molecule has 0 unspecified atom stereocenters. The molecule has 0 radical (unpaired) electrons. The number of benzene rings is 2. The first kappa shape index (κ1) is 18.3. The van der Waals surface area contributed by atoms with Crippen molar-refractivity contribution >= 4 is 23.2 Å². The zero-order valence-corrected chi connectivity index (χ0v) is 14.6. The Morgan fingerprint density at radius 3 is 2.56 bits per heavy atom. The molecule has 2 amide bonds. The van der Waals surface area contributed by atoms with E-state index in [2.05, 4.69) is 16.0 Å². The highest BCUT2D eigenvalue weighted by molar-refractivity contribution is 5.98. The molecule has 25 heavy (non-hydrogen) atoms. The van der Waals surface area contributed by atoms with Crippen molar-refractivity contribution in [1.29, 1.82) is 0 Å². The smallest absolute Gasteiger partial charge is 0.251 e. The first-order chi connectivity index (χ1) is 12.0. The highest BCUT2D eigenvalue weighted by Crippen LogP contribution is 2.24. The van der Waals surface area contributed by atoms with Gasteiger partial charge in [-0.1, -0.05) is 18.2 Å². The first-order valence-corrected chi connectivity index (χ1v) is 8.11. The fraction of sp³-hybridized carbons (Fsp3) is 0.263. The standard InChI is InChI=1S/C19H23N3O3/c1-13(2)25-17-10-5-4-9-16(17)21-12-18(23)22-15-8-6-7-14(11-15)19(24)20-3/h4-11,13,21H,12H2,1-3H3,(H,20,24)(H,22,23). The molecule has 0 spiro atoms. The minimum Gasteiger partial charge on any atom is -0.489 e. The van der Waals surface area contributed by atoms with Gasteiger partial charge >= 0.3 is 0 Å². The van der Waals surface area contributed by atoms with E-state index in [9.17, 15) is 9.59 Å². The summed E-state index contributed by atoms with van der Waals surface area (Å²) >= 11 is 0. The topological polar surface area (TPSA) is 79.5 Å². The number of rotatable bonds is 7. The van der Waals surface area contributed by atoms with E-state index in [1.807, 2.05) is 38.1 Å². The molecule has 3 N–H and O–H groups in total. The third-order valence-corrected chi connectivity index (χ3v) is 3.32. The molecule has 0 aliphatic carbocycles. The summed E-state index contributed by atoms with van der Waals surface area (Å²) in [6, 6.07) is 14.2. The molecular weight excluding hydrogens is 318 g/mol. The lowest BCUT2D eigenvalue weighted by Crippen LogP contribution is -2.23. The van der Waals surface area contributed by atoms with Gasteiger partial charge in [-0.3, -0.25) is 9.59 Å². The lowest BCUT2D eigenvalue weighted by Gasteiger charge is -2.15. The summed E-state index contributed by atoms with van der Waals surface area (Å²) in [6.45, 7) is 3.98. The Morgan fingerprint density at radius 1 is 1.08 bits per heavy atom. The number of para-hydroxylation sites is 2. The zero-order chi connectivity index (χ0) is 18.2. The van der Waals surface area contributed by atoms with Gasteiger partial charge in [-0.15, -0.1) is 0 Å². The van der Waals surface area contributed by atoms with Crippen molar-refractivity contribution in [2.45, 2.75) is 20.0 Å². The van der Waals surface area contributed by atoms with Gasteiger partial charge < -0.3 is 20.7 Å². The van der Waals surface area contributed by atoms with Gasteiger partial charge in [0.05, 0.1) is 18.3 Å². The predicted molar refractivity (Wildman–Crippen MR) is 99.2 cm³/mol. The number of amides is 2. The number of hydrogen-bond acceptors (Lipinski definition) is 4. The second kappa shape index (κ2) is 8.73. The van der Waals surface area contributed by atoms with Crippen LogP contribution in [0.3, 0.4) is 0 Å². The molecule has 0 bridgehead atoms. The fourth-order valence-corrected chi connectivity index (χ4v) is 2.23. The molecule has 6 nitrogen and oxygen atoms in total. The average molecular weight is 341 g/mol. The maximum Gasteiger partial charge on any atom is 0.251 e. The summed E-state index contributed by atoms with van der Waals surface area (Å²) in [5, 5.41) is 8.39. The maximum absolute atomic E-state index is 12.2. The number of carbonyl (C=O) groups is 2. The molecule has 0 aliphatic rings. The van der Waals surface area contributed by atoms with Gasteiger partial charge in [0.15, 0.2) is 0 Å². The van der Waals surface area contributed by atoms with Crippen LogP contribution in [0.5, 0.6) is 5.75 Å². The van der Waals surface area contributed by atoms with Crippen molar-refractivity contribution in [3.05, 3.63) is 54.1 Å². The summed E-state index contributed by atoms with van der Waals surface area (Å²) in [5.74, 6) is 0.286. The number of nitrogens with one attached hydrogen (secondary N) is 3. The predicted octanol–water partition coefficient (Wildman–Crippen LogP) is 2.88. The van der Waals surface area contributed by atoms with Crippen LogP contribution < -0.4 is 20.7 Å². The normalized spacial score (nSPS) is 10.2. The van der Waals surface area contributed by atoms with Gasteiger partial charge in [0.25, 0.3) is 5.91 Å². The van der Waals surface area contributed by atoms with Gasteiger partial charge in [-0.2, -0.15) is 0 Å². The number of ether oxygens (including phenoxy) is 1.